The van der Waals surface area contributed by atoms with Crippen molar-refractivity contribution in [2.75, 3.05) is 0 Å². The number of rotatable bonds is 0. The van der Waals surface area contributed by atoms with E-state index in [1.807, 2.05) is 24.3 Å². The van der Waals surface area contributed by atoms with Crippen LogP contribution in [0.3, 0.4) is 0 Å². The van der Waals surface area contributed by atoms with Crippen LogP contribution in [0, 0.1) is 57.2 Å². The second kappa shape index (κ2) is 3.90. The van der Waals surface area contributed by atoms with Gasteiger partial charge in [0.05, 0.1) is 35.1 Å². The molecule has 0 aromatic heterocycles. The Kier molecular flexibility index (Phi) is 2.66. The Morgan fingerprint density at radius 2 is 1.14 bits per heavy atom. The van der Waals surface area contributed by atoms with Gasteiger partial charge in [-0.15, -0.1) is 0 Å². The maximum absolute atomic E-state index is 8.70. The van der Waals surface area contributed by atoms with Crippen LogP contribution < -0.4 is 0 Å². The van der Waals surface area contributed by atoms with Gasteiger partial charge in [-0.25, -0.2) is 0 Å². The molecule has 1 aliphatic carbocycles. The van der Waals surface area contributed by atoms with E-state index in [0.717, 1.165) is 0 Å². The lowest BCUT2D eigenvalue weighted by Crippen LogP contribution is -2.12. The summed E-state index contributed by atoms with van der Waals surface area (Å²) in [5, 5.41) is 34.7. The predicted molar refractivity (Wildman–Crippen MR) is 45.6 cm³/mol. The van der Waals surface area contributed by atoms with Gasteiger partial charge < -0.3 is 0 Å². The molecule has 2 unspecified atom stereocenters. The zero-order chi connectivity index (χ0) is 10.6. The third kappa shape index (κ3) is 1.46. The Balaban J connectivity index is 3.19. The van der Waals surface area contributed by atoms with Crippen LogP contribution in [0.4, 0.5) is 0 Å². The first-order chi connectivity index (χ1) is 6.76. The summed E-state index contributed by atoms with van der Waals surface area (Å²) < 4.78 is 0. The molecule has 1 rings (SSSR count). The van der Waals surface area contributed by atoms with Crippen molar-refractivity contribution in [3.05, 3.63) is 23.3 Å². The van der Waals surface area contributed by atoms with Gasteiger partial charge in [-0.2, -0.15) is 21.0 Å². The highest BCUT2D eigenvalue weighted by Crippen LogP contribution is 2.26. The van der Waals surface area contributed by atoms with E-state index in [1.165, 1.54) is 12.2 Å². The molecule has 0 saturated carbocycles. The smallest absolute Gasteiger partial charge is 0.100 e. The fourth-order valence-electron chi connectivity index (χ4n) is 1.18. The van der Waals surface area contributed by atoms with Gasteiger partial charge >= 0.3 is 0 Å². The summed E-state index contributed by atoms with van der Waals surface area (Å²) in [4.78, 5) is 0. The lowest BCUT2D eigenvalue weighted by molar-refractivity contribution is 0.686. The average molecular weight is 180 g/mol. The van der Waals surface area contributed by atoms with Crippen molar-refractivity contribution in [3.63, 3.8) is 0 Å². The largest absolute Gasteiger partial charge is 0.198 e. The Bertz CT molecular complexity index is 424. The van der Waals surface area contributed by atoms with Crippen molar-refractivity contribution in [2.45, 2.75) is 0 Å². The van der Waals surface area contributed by atoms with Crippen molar-refractivity contribution in [1.29, 1.82) is 21.0 Å². The average Bonchev–Trinajstić information content (AvgIpc) is 2.26. The maximum Gasteiger partial charge on any atom is 0.100 e. The zero-order valence-electron chi connectivity index (χ0n) is 7.10. The van der Waals surface area contributed by atoms with Crippen LogP contribution in [0.2, 0.25) is 0 Å². The summed E-state index contributed by atoms with van der Waals surface area (Å²) in [5.74, 6) is -1.27. The van der Waals surface area contributed by atoms with E-state index in [-0.39, 0.29) is 11.1 Å². The molecule has 4 heteroatoms. The molecule has 0 radical (unpaired) electrons. The van der Waals surface area contributed by atoms with E-state index >= 15 is 0 Å². The van der Waals surface area contributed by atoms with Gasteiger partial charge in [-0.3, -0.25) is 0 Å². The van der Waals surface area contributed by atoms with Gasteiger partial charge in [0.15, 0.2) is 0 Å². The van der Waals surface area contributed by atoms with Gasteiger partial charge in [0.25, 0.3) is 0 Å². The van der Waals surface area contributed by atoms with E-state index in [2.05, 4.69) is 0 Å². The lowest BCUT2D eigenvalue weighted by atomic mass is 9.84. The van der Waals surface area contributed by atoms with E-state index in [0.29, 0.717) is 0 Å². The Morgan fingerprint density at radius 3 is 1.36 bits per heavy atom. The minimum Gasteiger partial charge on any atom is -0.198 e. The van der Waals surface area contributed by atoms with Gasteiger partial charge in [-0.1, -0.05) is 0 Å². The Hall–Kier alpha value is -2.56. The number of hydrogen-bond acceptors (Lipinski definition) is 4. The molecule has 0 saturated heterocycles. The minimum atomic E-state index is -0.633. The van der Waals surface area contributed by atoms with E-state index in [9.17, 15) is 0 Å². The first-order valence-corrected chi connectivity index (χ1v) is 3.80. The summed E-state index contributed by atoms with van der Waals surface area (Å²) >= 11 is 0. The number of nitrogens with zero attached hydrogens (tertiary/aromatic N) is 4. The Labute approximate surface area is 81.2 Å². The molecular formula is C10H4N4. The molecule has 64 valence electrons. The molecule has 0 amide bonds. The van der Waals surface area contributed by atoms with Crippen molar-refractivity contribution >= 4 is 0 Å². The summed E-state index contributed by atoms with van der Waals surface area (Å²) in [5.41, 5.74) is 0.344. The first kappa shape index (κ1) is 9.53. The van der Waals surface area contributed by atoms with Crippen LogP contribution in [-0.2, 0) is 0 Å². The van der Waals surface area contributed by atoms with Gasteiger partial charge in [-0.05, 0) is 12.2 Å². The molecule has 0 bridgehead atoms. The van der Waals surface area contributed by atoms with Crippen molar-refractivity contribution in [2.24, 2.45) is 11.8 Å². The number of allylic oxidation sites excluding steroid dienone is 4. The molecule has 14 heavy (non-hydrogen) atoms. The molecule has 0 aromatic rings. The van der Waals surface area contributed by atoms with Crippen LogP contribution >= 0.6 is 0 Å². The number of hydrogen-bond donors (Lipinski definition) is 0. The topological polar surface area (TPSA) is 95.2 Å². The monoisotopic (exact) mass is 180 g/mol. The molecule has 0 spiro atoms. The third-order valence-electron chi connectivity index (χ3n) is 1.91. The van der Waals surface area contributed by atoms with E-state index in [1.54, 1.807) is 0 Å². The van der Waals surface area contributed by atoms with Crippen LogP contribution in [0.15, 0.2) is 23.3 Å². The molecule has 1 aliphatic rings. The Morgan fingerprint density at radius 1 is 0.786 bits per heavy atom. The van der Waals surface area contributed by atoms with E-state index in [4.69, 9.17) is 21.0 Å². The SMILES string of the molecule is N#CC1=CC(C#N)C(C#N)C=C1C#N. The van der Waals surface area contributed by atoms with Crippen molar-refractivity contribution in [1.82, 2.24) is 0 Å². The summed E-state index contributed by atoms with van der Waals surface area (Å²) in [6, 6.07) is 7.47. The molecule has 0 N–H and O–H groups in total. The maximum atomic E-state index is 8.70. The molecule has 0 fully saturated rings. The summed E-state index contributed by atoms with van der Waals surface area (Å²) in [6.07, 6.45) is 2.74. The summed E-state index contributed by atoms with van der Waals surface area (Å²) in [6.45, 7) is 0. The highest BCUT2D eigenvalue weighted by atomic mass is 14.4. The van der Waals surface area contributed by atoms with Crippen molar-refractivity contribution < 1.29 is 0 Å². The van der Waals surface area contributed by atoms with Gasteiger partial charge in [0.1, 0.15) is 12.1 Å². The molecule has 0 aromatic carbocycles. The first-order valence-electron chi connectivity index (χ1n) is 3.80. The minimum absolute atomic E-state index is 0.172. The number of nitriles is 4. The molecule has 0 heterocycles. The third-order valence-corrected chi connectivity index (χ3v) is 1.91. The highest BCUT2D eigenvalue weighted by molar-refractivity contribution is 5.54. The van der Waals surface area contributed by atoms with Crippen molar-refractivity contribution in [3.8, 4) is 24.3 Å². The van der Waals surface area contributed by atoms with Crippen LogP contribution in [0.5, 0.6) is 0 Å². The fraction of sp³-hybridized carbons (Fsp3) is 0.200. The highest BCUT2D eigenvalue weighted by Gasteiger charge is 2.24. The summed E-state index contributed by atoms with van der Waals surface area (Å²) in [7, 11) is 0. The quantitative estimate of drug-likeness (QED) is 0.559. The predicted octanol–water partition coefficient (Wildman–Crippen LogP) is 1.18. The molecular weight excluding hydrogens is 176 g/mol. The second-order valence-corrected chi connectivity index (χ2v) is 2.69. The molecule has 2 atom stereocenters. The van der Waals surface area contributed by atoms with Crippen LogP contribution in [0.25, 0.3) is 0 Å². The fourth-order valence-corrected chi connectivity index (χ4v) is 1.18. The van der Waals surface area contributed by atoms with E-state index < -0.39 is 11.8 Å². The van der Waals surface area contributed by atoms with Crippen LogP contribution in [-0.4, -0.2) is 0 Å². The molecule has 0 aliphatic heterocycles. The lowest BCUT2D eigenvalue weighted by Gasteiger charge is -2.13. The second-order valence-electron chi connectivity index (χ2n) is 2.69. The normalized spacial score (nSPS) is 24.3. The molecule has 4 nitrogen and oxygen atoms in total. The van der Waals surface area contributed by atoms with Gasteiger partial charge in [0.2, 0.25) is 0 Å². The standard InChI is InChI=1S/C10H4N4/c11-3-7-1-8(4-12)10(6-14)2-9(7)5-13/h1-2,7,9H. The van der Waals surface area contributed by atoms with Crippen LogP contribution in [0.1, 0.15) is 0 Å². The zero-order valence-corrected chi connectivity index (χ0v) is 7.10. The van der Waals surface area contributed by atoms with Gasteiger partial charge in [0, 0.05) is 0 Å².